The van der Waals surface area contributed by atoms with Gasteiger partial charge < -0.3 is 20.3 Å². The SMILES string of the molecule is CC(C)N1C[C@@H]2C[C@H]1CN2c1ccc(Nc2ncc(-c3ccc4c(O)[nH]cc4c3)n3ncnc23)cc1. The molecule has 2 fully saturated rings. The Morgan fingerprint density at radius 2 is 1.92 bits per heavy atom. The first-order valence-electron chi connectivity index (χ1n) is 12.4. The zero-order valence-corrected chi connectivity index (χ0v) is 20.3. The molecule has 9 heteroatoms. The van der Waals surface area contributed by atoms with Gasteiger partial charge in [0, 0.05) is 65.1 Å². The maximum absolute atomic E-state index is 9.92. The third-order valence-corrected chi connectivity index (χ3v) is 7.68. The number of aromatic hydroxyl groups is 1. The molecule has 9 nitrogen and oxygen atoms in total. The Morgan fingerprint density at radius 1 is 1.06 bits per heavy atom. The van der Waals surface area contributed by atoms with E-state index in [4.69, 9.17) is 0 Å². The van der Waals surface area contributed by atoms with E-state index < -0.39 is 0 Å². The number of aromatic amines is 1. The van der Waals surface area contributed by atoms with Crippen molar-refractivity contribution in [2.24, 2.45) is 0 Å². The summed E-state index contributed by atoms with van der Waals surface area (Å²) < 4.78 is 1.79. The summed E-state index contributed by atoms with van der Waals surface area (Å²) in [4.78, 5) is 17.2. The summed E-state index contributed by atoms with van der Waals surface area (Å²) in [6, 6.07) is 16.3. The van der Waals surface area contributed by atoms with Gasteiger partial charge in [0.1, 0.15) is 6.33 Å². The van der Waals surface area contributed by atoms with Crippen molar-refractivity contribution in [2.45, 2.75) is 38.4 Å². The van der Waals surface area contributed by atoms with Crippen molar-refractivity contribution in [1.29, 1.82) is 0 Å². The third-order valence-electron chi connectivity index (χ3n) is 7.68. The Balaban J connectivity index is 1.13. The molecule has 36 heavy (non-hydrogen) atoms. The molecular formula is C27H28N8O. The average Bonchev–Trinajstić information content (AvgIpc) is 3.68. The molecule has 7 rings (SSSR count). The van der Waals surface area contributed by atoms with E-state index in [9.17, 15) is 5.11 Å². The fourth-order valence-corrected chi connectivity index (χ4v) is 5.90. The number of nitrogens with one attached hydrogen (secondary N) is 2. The molecule has 2 bridgehead atoms. The molecule has 3 aromatic heterocycles. The van der Waals surface area contributed by atoms with Gasteiger partial charge in [-0.1, -0.05) is 6.07 Å². The number of nitrogens with zero attached hydrogens (tertiary/aromatic N) is 6. The quantitative estimate of drug-likeness (QED) is 0.343. The van der Waals surface area contributed by atoms with Gasteiger partial charge >= 0.3 is 0 Å². The molecule has 0 amide bonds. The highest BCUT2D eigenvalue weighted by molar-refractivity contribution is 5.91. The molecule has 0 unspecified atom stereocenters. The van der Waals surface area contributed by atoms with Crippen LogP contribution < -0.4 is 10.2 Å². The van der Waals surface area contributed by atoms with Crippen molar-refractivity contribution in [2.75, 3.05) is 23.3 Å². The van der Waals surface area contributed by atoms with E-state index in [1.807, 2.05) is 18.2 Å². The Bertz CT molecular complexity index is 1570. The number of H-pyrrole nitrogens is 1. The van der Waals surface area contributed by atoms with Gasteiger partial charge in [0.2, 0.25) is 0 Å². The first-order valence-corrected chi connectivity index (χ1v) is 12.4. The Labute approximate surface area is 208 Å². The van der Waals surface area contributed by atoms with Gasteiger partial charge in [-0.2, -0.15) is 5.10 Å². The predicted octanol–water partition coefficient (Wildman–Crippen LogP) is 4.39. The maximum Gasteiger partial charge on any atom is 0.199 e. The molecule has 5 heterocycles. The number of anilines is 3. The second kappa shape index (κ2) is 7.96. The van der Waals surface area contributed by atoms with Crippen LogP contribution in [0.5, 0.6) is 5.88 Å². The topological polar surface area (TPSA) is 97.6 Å². The van der Waals surface area contributed by atoms with Gasteiger partial charge in [0.05, 0.1) is 11.9 Å². The smallest absolute Gasteiger partial charge is 0.199 e. The van der Waals surface area contributed by atoms with Gasteiger partial charge in [-0.15, -0.1) is 0 Å². The monoisotopic (exact) mass is 480 g/mol. The van der Waals surface area contributed by atoms with Gasteiger partial charge in [-0.25, -0.2) is 14.5 Å². The number of rotatable bonds is 5. The fourth-order valence-electron chi connectivity index (χ4n) is 5.90. The van der Waals surface area contributed by atoms with Crippen LogP contribution in [0.1, 0.15) is 20.3 Å². The molecule has 2 aromatic carbocycles. The molecule has 0 radical (unpaired) electrons. The third kappa shape index (κ3) is 3.30. The summed E-state index contributed by atoms with van der Waals surface area (Å²) in [7, 11) is 0. The molecule has 0 saturated carbocycles. The molecule has 2 aliphatic heterocycles. The summed E-state index contributed by atoms with van der Waals surface area (Å²) in [6.45, 7) is 6.85. The Kier molecular flexibility index (Phi) is 4.69. The summed E-state index contributed by atoms with van der Waals surface area (Å²) in [5.74, 6) is 0.818. The van der Waals surface area contributed by atoms with Gasteiger partial charge in [-0.05, 0) is 56.7 Å². The van der Waals surface area contributed by atoms with Crippen LogP contribution in [0.3, 0.4) is 0 Å². The van der Waals surface area contributed by atoms with Crippen molar-refractivity contribution < 1.29 is 5.11 Å². The molecular weight excluding hydrogens is 452 g/mol. The molecule has 182 valence electrons. The van der Waals surface area contributed by atoms with Crippen LogP contribution in [-0.2, 0) is 0 Å². The van der Waals surface area contributed by atoms with E-state index >= 15 is 0 Å². The van der Waals surface area contributed by atoms with Crippen LogP contribution in [0.2, 0.25) is 0 Å². The number of aromatic nitrogens is 5. The minimum absolute atomic E-state index is 0.168. The molecule has 0 spiro atoms. The number of benzene rings is 2. The minimum atomic E-state index is 0.168. The highest BCUT2D eigenvalue weighted by Gasteiger charge is 2.43. The van der Waals surface area contributed by atoms with Crippen LogP contribution >= 0.6 is 0 Å². The van der Waals surface area contributed by atoms with Crippen LogP contribution in [-0.4, -0.2) is 65.8 Å². The lowest BCUT2D eigenvalue weighted by Crippen LogP contribution is -2.48. The van der Waals surface area contributed by atoms with E-state index in [0.717, 1.165) is 40.8 Å². The number of hydrogen-bond donors (Lipinski definition) is 3. The number of likely N-dealkylation sites (tertiary alicyclic amines) is 1. The standard InChI is InChI=1S/C27H28N8O/c1-16(2)33-13-22-10-21(33)14-34(22)20-6-4-19(5-7-20)32-25-26-30-15-31-35(26)24(12-28-25)17-3-8-23-18(9-17)11-29-27(23)36/h3-9,11-12,15-16,21-22,29,36H,10,13-14H2,1-2H3,(H,28,32)/t21-,22-/m0/s1. The zero-order chi connectivity index (χ0) is 24.4. The lowest BCUT2D eigenvalue weighted by molar-refractivity contribution is 0.191. The average molecular weight is 481 g/mol. The van der Waals surface area contributed by atoms with Crippen LogP contribution in [0.15, 0.2) is 61.2 Å². The molecule has 2 atom stereocenters. The van der Waals surface area contributed by atoms with Crippen molar-refractivity contribution in [1.82, 2.24) is 29.5 Å². The van der Waals surface area contributed by atoms with Gasteiger partial charge in [-0.3, -0.25) is 4.90 Å². The van der Waals surface area contributed by atoms with Crippen LogP contribution in [0, 0.1) is 0 Å². The highest BCUT2D eigenvalue weighted by Crippen LogP contribution is 2.36. The van der Waals surface area contributed by atoms with E-state index in [-0.39, 0.29) is 5.88 Å². The van der Waals surface area contributed by atoms with Gasteiger partial charge in [0.25, 0.3) is 0 Å². The van der Waals surface area contributed by atoms with E-state index in [2.05, 4.69) is 73.3 Å². The fraction of sp³-hybridized carbons (Fsp3) is 0.296. The summed E-state index contributed by atoms with van der Waals surface area (Å²) in [5, 5.41) is 19.5. The largest absolute Gasteiger partial charge is 0.494 e. The summed E-state index contributed by atoms with van der Waals surface area (Å²) >= 11 is 0. The maximum atomic E-state index is 9.92. The van der Waals surface area contributed by atoms with Gasteiger partial charge in [0.15, 0.2) is 17.3 Å². The van der Waals surface area contributed by atoms with E-state index in [1.165, 1.54) is 18.4 Å². The lowest BCUT2D eigenvalue weighted by Gasteiger charge is -2.37. The first kappa shape index (κ1) is 21.2. The van der Waals surface area contributed by atoms with Crippen molar-refractivity contribution >= 4 is 33.6 Å². The Hall–Kier alpha value is -4.11. The second-order valence-corrected chi connectivity index (χ2v) is 10.1. The van der Waals surface area contributed by atoms with Crippen molar-refractivity contribution in [3.8, 4) is 17.1 Å². The second-order valence-electron chi connectivity index (χ2n) is 10.1. The Morgan fingerprint density at radius 3 is 2.69 bits per heavy atom. The molecule has 0 aliphatic carbocycles. The molecule has 3 N–H and O–H groups in total. The van der Waals surface area contributed by atoms with E-state index in [0.29, 0.717) is 29.6 Å². The summed E-state index contributed by atoms with van der Waals surface area (Å²) in [6.07, 6.45) is 6.39. The van der Waals surface area contributed by atoms with Crippen molar-refractivity contribution in [3.05, 3.63) is 61.2 Å². The molecule has 2 saturated heterocycles. The highest BCUT2D eigenvalue weighted by atomic mass is 16.3. The minimum Gasteiger partial charge on any atom is -0.494 e. The van der Waals surface area contributed by atoms with Crippen molar-refractivity contribution in [3.63, 3.8) is 0 Å². The molecule has 2 aliphatic rings. The summed E-state index contributed by atoms with van der Waals surface area (Å²) in [5.41, 5.74) is 4.65. The zero-order valence-electron chi connectivity index (χ0n) is 20.3. The molecule has 5 aromatic rings. The lowest BCUT2D eigenvalue weighted by atomic mass is 10.1. The first-order chi connectivity index (χ1) is 17.5. The van der Waals surface area contributed by atoms with Crippen LogP contribution in [0.4, 0.5) is 17.2 Å². The number of hydrogen-bond acceptors (Lipinski definition) is 7. The van der Waals surface area contributed by atoms with E-state index in [1.54, 1.807) is 16.9 Å². The normalized spacial score (nSPS) is 19.8. The van der Waals surface area contributed by atoms with Crippen LogP contribution in [0.25, 0.3) is 27.7 Å². The predicted molar refractivity (Wildman–Crippen MR) is 141 cm³/mol. The number of fused-ring (bicyclic) bond motifs is 4. The number of piperazine rings is 1.